The minimum Gasteiger partial charge on any atom is -0.304 e. The molecular weight excluding hydrogens is 304 g/mol. The summed E-state index contributed by atoms with van der Waals surface area (Å²) in [5.41, 5.74) is 2.47. The van der Waals surface area contributed by atoms with Crippen molar-refractivity contribution in [1.82, 2.24) is 19.2 Å². The first-order valence-electron chi connectivity index (χ1n) is 8.22. The molecule has 0 radical (unpaired) electrons. The van der Waals surface area contributed by atoms with Gasteiger partial charge in [-0.1, -0.05) is 41.7 Å². The Morgan fingerprint density at radius 2 is 1.83 bits per heavy atom. The van der Waals surface area contributed by atoms with Gasteiger partial charge in [-0.15, -0.1) is 0 Å². The van der Waals surface area contributed by atoms with Gasteiger partial charge in [-0.25, -0.2) is 4.98 Å². The highest BCUT2D eigenvalue weighted by Gasteiger charge is 2.14. The van der Waals surface area contributed by atoms with Crippen LogP contribution in [0.1, 0.15) is 5.69 Å². The van der Waals surface area contributed by atoms with E-state index in [0.717, 1.165) is 17.9 Å². The van der Waals surface area contributed by atoms with E-state index in [9.17, 15) is 0 Å². The zero-order chi connectivity index (χ0) is 15.6. The number of aromatic nitrogens is 2. The fraction of sp³-hybridized carbons (Fsp3) is 0.389. The molecule has 0 spiro atoms. The number of hydrogen-bond acceptors (Lipinski definition) is 4. The van der Waals surface area contributed by atoms with Gasteiger partial charge in [0.15, 0.2) is 4.96 Å². The summed E-state index contributed by atoms with van der Waals surface area (Å²) >= 11 is 1.76. The van der Waals surface area contributed by atoms with Gasteiger partial charge in [0.05, 0.1) is 10.6 Å². The third-order valence-electron chi connectivity index (χ3n) is 4.54. The molecule has 0 atom stereocenters. The average Bonchev–Trinajstić information content (AvgIpc) is 3.14. The molecular formula is C18H22N4S. The molecule has 1 aliphatic heterocycles. The van der Waals surface area contributed by atoms with E-state index in [2.05, 4.69) is 64.0 Å². The van der Waals surface area contributed by atoms with Crippen molar-refractivity contribution in [2.45, 2.75) is 6.42 Å². The molecule has 0 amide bonds. The van der Waals surface area contributed by atoms with E-state index in [4.69, 9.17) is 4.98 Å². The third kappa shape index (κ3) is 3.32. The quantitative estimate of drug-likeness (QED) is 0.737. The largest absolute Gasteiger partial charge is 0.304 e. The lowest BCUT2D eigenvalue weighted by molar-refractivity contribution is 0.155. The van der Waals surface area contributed by atoms with E-state index >= 15 is 0 Å². The fourth-order valence-electron chi connectivity index (χ4n) is 3.04. The Morgan fingerprint density at radius 1 is 1.04 bits per heavy atom. The van der Waals surface area contributed by atoms with E-state index in [0.29, 0.717) is 0 Å². The van der Waals surface area contributed by atoms with E-state index < -0.39 is 0 Å². The van der Waals surface area contributed by atoms with Crippen molar-refractivity contribution in [3.05, 3.63) is 48.4 Å². The molecule has 1 aliphatic rings. The van der Waals surface area contributed by atoms with Crippen LogP contribution in [0.2, 0.25) is 0 Å². The lowest BCUT2D eigenvalue weighted by Crippen LogP contribution is -2.45. The Balaban J connectivity index is 1.43. The minimum absolute atomic E-state index is 1.04. The van der Waals surface area contributed by atoms with Gasteiger partial charge < -0.3 is 9.80 Å². The Bertz CT molecular complexity index is 737. The number of hydrogen-bond donors (Lipinski definition) is 0. The van der Waals surface area contributed by atoms with Crippen molar-refractivity contribution >= 4 is 16.3 Å². The molecule has 2 aromatic heterocycles. The summed E-state index contributed by atoms with van der Waals surface area (Å²) in [6.07, 6.45) is 5.43. The van der Waals surface area contributed by atoms with Gasteiger partial charge in [0.25, 0.3) is 0 Å². The van der Waals surface area contributed by atoms with Crippen LogP contribution in [0.15, 0.2) is 42.7 Å². The first-order chi connectivity index (χ1) is 11.3. The minimum atomic E-state index is 1.04. The molecule has 3 aromatic rings. The van der Waals surface area contributed by atoms with Gasteiger partial charge in [0, 0.05) is 51.5 Å². The van der Waals surface area contributed by atoms with Crippen LogP contribution in [-0.4, -0.2) is 59.0 Å². The van der Waals surface area contributed by atoms with Crippen molar-refractivity contribution in [2.24, 2.45) is 0 Å². The van der Waals surface area contributed by atoms with Crippen LogP contribution in [0.5, 0.6) is 0 Å². The van der Waals surface area contributed by atoms with Crippen molar-refractivity contribution in [3.63, 3.8) is 0 Å². The lowest BCUT2D eigenvalue weighted by atomic mass is 10.2. The topological polar surface area (TPSA) is 23.8 Å². The van der Waals surface area contributed by atoms with E-state index in [1.165, 1.54) is 42.3 Å². The smallest absolute Gasteiger partial charge is 0.194 e. The molecule has 23 heavy (non-hydrogen) atoms. The number of fused-ring (bicyclic) bond motifs is 1. The standard InChI is InChI=1S/C18H22N4S/c1-20-9-11-21(12-10-20)8-7-16-13-22-14-17(23-18(22)19-16)15-5-3-2-4-6-15/h2-6,13-14H,7-12H2,1H3. The normalized spacial score (nSPS) is 17.1. The molecule has 1 saturated heterocycles. The second-order valence-corrected chi connectivity index (χ2v) is 7.29. The van der Waals surface area contributed by atoms with Crippen molar-refractivity contribution in [2.75, 3.05) is 39.8 Å². The Hall–Kier alpha value is -1.69. The average molecular weight is 326 g/mol. The summed E-state index contributed by atoms with van der Waals surface area (Å²) < 4.78 is 2.17. The summed E-state index contributed by atoms with van der Waals surface area (Å²) in [7, 11) is 2.20. The van der Waals surface area contributed by atoms with Crippen LogP contribution in [0, 0.1) is 0 Å². The second kappa shape index (κ2) is 6.43. The number of thiazole rings is 1. The van der Waals surface area contributed by atoms with Gasteiger partial charge in [-0.05, 0) is 12.6 Å². The zero-order valence-electron chi connectivity index (χ0n) is 13.5. The molecule has 120 valence electrons. The molecule has 0 N–H and O–H groups in total. The summed E-state index contributed by atoms with van der Waals surface area (Å²) in [5, 5.41) is 0. The Labute approximate surface area is 141 Å². The molecule has 1 fully saturated rings. The van der Waals surface area contributed by atoms with Gasteiger partial charge >= 0.3 is 0 Å². The highest BCUT2D eigenvalue weighted by Crippen LogP contribution is 2.28. The maximum atomic E-state index is 4.80. The molecule has 1 aromatic carbocycles. The number of benzene rings is 1. The summed E-state index contributed by atoms with van der Waals surface area (Å²) in [4.78, 5) is 12.1. The van der Waals surface area contributed by atoms with Crippen molar-refractivity contribution in [1.29, 1.82) is 0 Å². The van der Waals surface area contributed by atoms with E-state index in [-0.39, 0.29) is 0 Å². The molecule has 5 heteroatoms. The van der Waals surface area contributed by atoms with Crippen molar-refractivity contribution in [3.8, 4) is 10.4 Å². The zero-order valence-corrected chi connectivity index (χ0v) is 14.3. The molecule has 4 rings (SSSR count). The molecule has 0 aliphatic carbocycles. The first kappa shape index (κ1) is 14.9. The predicted octanol–water partition coefficient (Wildman–Crippen LogP) is 2.85. The summed E-state index contributed by atoms with van der Waals surface area (Å²) in [6.45, 7) is 5.83. The van der Waals surface area contributed by atoms with Crippen LogP contribution < -0.4 is 0 Å². The number of imidazole rings is 1. The number of rotatable bonds is 4. The van der Waals surface area contributed by atoms with Crippen molar-refractivity contribution < 1.29 is 0 Å². The predicted molar refractivity (Wildman–Crippen MR) is 96.1 cm³/mol. The molecule has 0 bridgehead atoms. The number of nitrogens with zero attached hydrogens (tertiary/aromatic N) is 4. The molecule has 3 heterocycles. The van der Waals surface area contributed by atoms with Crippen LogP contribution in [0.25, 0.3) is 15.4 Å². The fourth-order valence-corrected chi connectivity index (χ4v) is 4.04. The van der Waals surface area contributed by atoms with Crippen LogP contribution in [0.4, 0.5) is 0 Å². The number of likely N-dealkylation sites (N-methyl/N-ethyl adjacent to an activating group) is 1. The highest BCUT2D eigenvalue weighted by molar-refractivity contribution is 7.20. The van der Waals surface area contributed by atoms with Gasteiger partial charge in [0.2, 0.25) is 0 Å². The molecule has 4 nitrogen and oxygen atoms in total. The Kier molecular flexibility index (Phi) is 4.16. The third-order valence-corrected chi connectivity index (χ3v) is 5.59. The van der Waals surface area contributed by atoms with Crippen LogP contribution in [0.3, 0.4) is 0 Å². The van der Waals surface area contributed by atoms with Gasteiger partial charge in [-0.3, -0.25) is 4.40 Å². The summed E-state index contributed by atoms with van der Waals surface area (Å²) in [5.74, 6) is 0. The summed E-state index contributed by atoms with van der Waals surface area (Å²) in [6, 6.07) is 10.5. The van der Waals surface area contributed by atoms with Crippen LogP contribution in [-0.2, 0) is 6.42 Å². The highest BCUT2D eigenvalue weighted by atomic mass is 32.1. The molecule has 0 unspecified atom stereocenters. The number of piperazine rings is 1. The van der Waals surface area contributed by atoms with Gasteiger partial charge in [-0.2, -0.15) is 0 Å². The SMILES string of the molecule is CN1CCN(CCc2cn3cc(-c4ccccc4)sc3n2)CC1. The maximum Gasteiger partial charge on any atom is 0.194 e. The molecule has 0 saturated carbocycles. The first-order valence-corrected chi connectivity index (χ1v) is 9.03. The Morgan fingerprint density at radius 3 is 2.57 bits per heavy atom. The van der Waals surface area contributed by atoms with Gasteiger partial charge in [0.1, 0.15) is 0 Å². The van der Waals surface area contributed by atoms with E-state index in [1.807, 2.05) is 0 Å². The second-order valence-electron chi connectivity index (χ2n) is 6.28. The monoisotopic (exact) mass is 326 g/mol. The maximum absolute atomic E-state index is 4.80. The lowest BCUT2D eigenvalue weighted by Gasteiger charge is -2.32. The van der Waals surface area contributed by atoms with Crippen LogP contribution >= 0.6 is 11.3 Å². The van der Waals surface area contributed by atoms with E-state index in [1.54, 1.807) is 11.3 Å².